The molecule has 0 saturated heterocycles. The van der Waals surface area contributed by atoms with E-state index in [4.69, 9.17) is 18.0 Å². The first kappa shape index (κ1) is 12.1. The Kier molecular flexibility index (Phi) is 3.59. The number of rotatable bonds is 3. The van der Waals surface area contributed by atoms with Crippen LogP contribution in [0.1, 0.15) is 15.9 Å². The summed E-state index contributed by atoms with van der Waals surface area (Å²) in [6.45, 7) is 0. The van der Waals surface area contributed by atoms with Crippen LogP contribution < -0.4 is 11.1 Å². The van der Waals surface area contributed by atoms with Crippen molar-refractivity contribution in [2.75, 3.05) is 5.32 Å². The molecule has 0 atom stereocenters. The van der Waals surface area contributed by atoms with E-state index >= 15 is 0 Å². The number of carbonyl (C=O) groups excluding carboxylic acids is 1. The number of hydrogen-bond donors (Lipinski definition) is 2. The average Bonchev–Trinajstić information content (AvgIpc) is 2.40. The van der Waals surface area contributed by atoms with Gasteiger partial charge in [0.15, 0.2) is 0 Å². The molecular formula is C12H10N4OS. The van der Waals surface area contributed by atoms with Crippen LogP contribution in [0.2, 0.25) is 0 Å². The van der Waals surface area contributed by atoms with E-state index in [9.17, 15) is 4.79 Å². The third kappa shape index (κ3) is 2.67. The molecule has 6 heteroatoms. The lowest BCUT2D eigenvalue weighted by atomic mass is 10.1. The molecule has 0 aliphatic heterocycles. The van der Waals surface area contributed by atoms with Crippen molar-refractivity contribution in [1.82, 2.24) is 10.2 Å². The van der Waals surface area contributed by atoms with E-state index in [0.29, 0.717) is 16.8 Å². The van der Waals surface area contributed by atoms with Crippen molar-refractivity contribution in [3.05, 3.63) is 53.9 Å². The first-order valence-corrected chi connectivity index (χ1v) is 5.56. The van der Waals surface area contributed by atoms with Crippen LogP contribution >= 0.6 is 12.2 Å². The number of nitrogens with one attached hydrogen (secondary N) is 1. The standard InChI is InChI=1S/C12H10N4OS/c13-11(18)9-3-1-2-4-10(9)16-12(17)8-5-6-14-15-7-8/h1-7H,(H2,13,18)(H,16,17). The van der Waals surface area contributed by atoms with Crippen LogP contribution in [0, 0.1) is 0 Å². The van der Waals surface area contributed by atoms with Gasteiger partial charge in [0.2, 0.25) is 0 Å². The van der Waals surface area contributed by atoms with E-state index < -0.39 is 0 Å². The molecule has 18 heavy (non-hydrogen) atoms. The highest BCUT2D eigenvalue weighted by Gasteiger charge is 2.10. The van der Waals surface area contributed by atoms with Gasteiger partial charge in [-0.25, -0.2) is 0 Å². The zero-order valence-electron chi connectivity index (χ0n) is 9.33. The van der Waals surface area contributed by atoms with Gasteiger partial charge in [-0.2, -0.15) is 10.2 Å². The van der Waals surface area contributed by atoms with E-state index in [2.05, 4.69) is 15.5 Å². The van der Waals surface area contributed by atoms with Gasteiger partial charge >= 0.3 is 0 Å². The monoisotopic (exact) mass is 258 g/mol. The van der Waals surface area contributed by atoms with E-state index in [1.807, 2.05) is 0 Å². The Balaban J connectivity index is 2.25. The molecule has 0 aliphatic carbocycles. The maximum Gasteiger partial charge on any atom is 0.257 e. The first-order chi connectivity index (χ1) is 8.68. The van der Waals surface area contributed by atoms with Crippen molar-refractivity contribution in [3.63, 3.8) is 0 Å². The Morgan fingerprint density at radius 1 is 1.22 bits per heavy atom. The molecule has 0 unspecified atom stereocenters. The lowest BCUT2D eigenvalue weighted by Crippen LogP contribution is -2.17. The van der Waals surface area contributed by atoms with Gasteiger partial charge in [-0.1, -0.05) is 24.4 Å². The molecule has 3 N–H and O–H groups in total. The maximum atomic E-state index is 11.9. The molecule has 0 aliphatic rings. The Hall–Kier alpha value is -2.34. The highest BCUT2D eigenvalue weighted by atomic mass is 32.1. The molecule has 0 saturated carbocycles. The first-order valence-electron chi connectivity index (χ1n) is 5.15. The van der Waals surface area contributed by atoms with Gasteiger partial charge in [-0.3, -0.25) is 4.79 Å². The molecule has 0 fully saturated rings. The van der Waals surface area contributed by atoms with Crippen molar-refractivity contribution in [2.45, 2.75) is 0 Å². The predicted octanol–water partition coefficient (Wildman–Crippen LogP) is 1.36. The summed E-state index contributed by atoms with van der Waals surface area (Å²) in [5, 5.41) is 9.99. The molecule has 0 radical (unpaired) electrons. The van der Waals surface area contributed by atoms with E-state index in [0.717, 1.165) is 0 Å². The minimum Gasteiger partial charge on any atom is -0.389 e. The van der Waals surface area contributed by atoms with Crippen molar-refractivity contribution in [3.8, 4) is 0 Å². The molecule has 2 aromatic rings. The number of anilines is 1. The zero-order valence-corrected chi connectivity index (χ0v) is 10.1. The van der Waals surface area contributed by atoms with E-state index in [1.54, 1.807) is 30.3 Å². The second-order valence-corrected chi connectivity index (χ2v) is 3.93. The lowest BCUT2D eigenvalue weighted by molar-refractivity contribution is 0.102. The number of benzene rings is 1. The molecule has 90 valence electrons. The van der Waals surface area contributed by atoms with Crippen LogP contribution in [0.25, 0.3) is 0 Å². The summed E-state index contributed by atoms with van der Waals surface area (Å²) >= 11 is 4.92. The van der Waals surface area contributed by atoms with Gasteiger partial charge in [0.05, 0.1) is 23.6 Å². The predicted molar refractivity (Wildman–Crippen MR) is 72.3 cm³/mol. The summed E-state index contributed by atoms with van der Waals surface area (Å²) in [6, 6.07) is 8.66. The molecule has 0 spiro atoms. The maximum absolute atomic E-state index is 11.9. The summed E-state index contributed by atoms with van der Waals surface area (Å²) in [5.74, 6) is -0.284. The van der Waals surface area contributed by atoms with Gasteiger partial charge in [0.25, 0.3) is 5.91 Å². The van der Waals surface area contributed by atoms with Crippen molar-refractivity contribution in [2.24, 2.45) is 5.73 Å². The SMILES string of the molecule is NC(=S)c1ccccc1NC(=O)c1ccnnc1. The van der Waals surface area contributed by atoms with Crippen LogP contribution in [-0.2, 0) is 0 Å². The molecule has 1 aromatic carbocycles. The van der Waals surface area contributed by atoms with Crippen LogP contribution in [0.4, 0.5) is 5.69 Å². The van der Waals surface area contributed by atoms with Gasteiger partial charge in [0, 0.05) is 5.56 Å². The van der Waals surface area contributed by atoms with Gasteiger partial charge in [0.1, 0.15) is 4.99 Å². The smallest absolute Gasteiger partial charge is 0.257 e. The minimum absolute atomic E-state index is 0.235. The zero-order chi connectivity index (χ0) is 13.0. The number of nitrogens with zero attached hydrogens (tertiary/aromatic N) is 2. The van der Waals surface area contributed by atoms with Gasteiger partial charge in [-0.15, -0.1) is 0 Å². The molecule has 1 heterocycles. The van der Waals surface area contributed by atoms with E-state index in [-0.39, 0.29) is 10.9 Å². The van der Waals surface area contributed by atoms with Crippen molar-refractivity contribution in [1.29, 1.82) is 0 Å². The third-order valence-corrected chi connectivity index (χ3v) is 2.51. The fraction of sp³-hybridized carbons (Fsp3) is 0. The Morgan fingerprint density at radius 2 is 2.00 bits per heavy atom. The molecule has 0 bridgehead atoms. The lowest BCUT2D eigenvalue weighted by Gasteiger charge is -2.09. The molecular weight excluding hydrogens is 248 g/mol. The molecule has 2 rings (SSSR count). The van der Waals surface area contributed by atoms with Crippen molar-refractivity contribution < 1.29 is 4.79 Å². The largest absolute Gasteiger partial charge is 0.389 e. The highest BCUT2D eigenvalue weighted by molar-refractivity contribution is 7.80. The fourth-order valence-corrected chi connectivity index (χ4v) is 1.60. The Morgan fingerprint density at radius 3 is 2.67 bits per heavy atom. The van der Waals surface area contributed by atoms with Gasteiger partial charge < -0.3 is 11.1 Å². The number of para-hydroxylation sites is 1. The number of aromatic nitrogens is 2. The van der Waals surface area contributed by atoms with Crippen LogP contribution in [0.3, 0.4) is 0 Å². The van der Waals surface area contributed by atoms with Crippen LogP contribution in [0.15, 0.2) is 42.7 Å². The quantitative estimate of drug-likeness (QED) is 0.812. The van der Waals surface area contributed by atoms with Gasteiger partial charge in [-0.05, 0) is 18.2 Å². The Labute approximate surface area is 109 Å². The number of amides is 1. The normalized spacial score (nSPS) is 9.78. The number of carbonyl (C=O) groups is 1. The highest BCUT2D eigenvalue weighted by Crippen LogP contribution is 2.15. The summed E-state index contributed by atoms with van der Waals surface area (Å²) in [4.78, 5) is 12.2. The van der Waals surface area contributed by atoms with Crippen molar-refractivity contribution >= 4 is 28.8 Å². The second-order valence-electron chi connectivity index (χ2n) is 3.50. The Bertz CT molecular complexity index is 586. The molecule has 1 aromatic heterocycles. The average molecular weight is 258 g/mol. The third-order valence-electron chi connectivity index (χ3n) is 2.29. The van der Waals surface area contributed by atoms with Crippen LogP contribution in [0.5, 0.6) is 0 Å². The summed E-state index contributed by atoms with van der Waals surface area (Å²) in [6.07, 6.45) is 2.84. The van der Waals surface area contributed by atoms with Crippen LogP contribution in [-0.4, -0.2) is 21.1 Å². The summed E-state index contributed by atoms with van der Waals surface area (Å²) in [7, 11) is 0. The number of nitrogens with two attached hydrogens (primary N) is 1. The number of thiocarbonyl (C=S) groups is 1. The second kappa shape index (κ2) is 5.33. The minimum atomic E-state index is -0.284. The summed E-state index contributed by atoms with van der Waals surface area (Å²) in [5.41, 5.74) is 7.21. The molecule has 5 nitrogen and oxygen atoms in total. The fourth-order valence-electron chi connectivity index (χ4n) is 1.43. The topological polar surface area (TPSA) is 80.9 Å². The molecule has 1 amide bonds. The summed E-state index contributed by atoms with van der Waals surface area (Å²) < 4.78 is 0. The van der Waals surface area contributed by atoms with E-state index in [1.165, 1.54) is 12.4 Å². The number of hydrogen-bond acceptors (Lipinski definition) is 4.